The molecule has 1 N–H and O–H groups in total. The molecule has 0 aliphatic heterocycles. The zero-order valence-corrected chi connectivity index (χ0v) is 21.3. The van der Waals surface area contributed by atoms with Crippen molar-refractivity contribution >= 4 is 44.8 Å². The van der Waals surface area contributed by atoms with E-state index in [1.165, 1.54) is 25.3 Å². The maximum Gasteiger partial charge on any atom is 0.264 e. The summed E-state index contributed by atoms with van der Waals surface area (Å²) in [6.45, 7) is 1.85. The number of hydrogen-bond acceptors (Lipinski definition) is 4. The van der Waals surface area contributed by atoms with Gasteiger partial charge in [-0.1, -0.05) is 59.1 Å². The summed E-state index contributed by atoms with van der Waals surface area (Å²) in [7, 11) is -2.56. The van der Waals surface area contributed by atoms with Crippen LogP contribution in [0.4, 0.5) is 5.69 Å². The van der Waals surface area contributed by atoms with E-state index in [-0.39, 0.29) is 15.6 Å². The highest BCUT2D eigenvalue weighted by atomic mass is 35.5. The van der Waals surface area contributed by atoms with Crippen LogP contribution in [-0.2, 0) is 21.2 Å². The van der Waals surface area contributed by atoms with E-state index in [0.717, 1.165) is 15.4 Å². The number of carbonyl (C=O) groups excluding carboxylic acids is 1. The summed E-state index contributed by atoms with van der Waals surface area (Å²) in [5.41, 5.74) is 2.18. The Morgan fingerprint density at radius 2 is 1.71 bits per heavy atom. The minimum atomic E-state index is -4.03. The second-order valence-corrected chi connectivity index (χ2v) is 10.4. The van der Waals surface area contributed by atoms with Crippen molar-refractivity contribution in [3.63, 3.8) is 0 Å². The summed E-state index contributed by atoms with van der Waals surface area (Å²) in [4.78, 5) is 12.8. The van der Waals surface area contributed by atoms with E-state index >= 15 is 0 Å². The number of amides is 1. The Kier molecular flexibility index (Phi) is 8.83. The first-order valence-electron chi connectivity index (χ1n) is 10.7. The van der Waals surface area contributed by atoms with Crippen LogP contribution in [-0.4, -0.2) is 34.5 Å². The van der Waals surface area contributed by atoms with Gasteiger partial charge in [0.15, 0.2) is 0 Å². The SMILES string of the molecule is COc1ccc(N(CC(=O)NCCCc2ccccc2Cl)S(=O)(=O)c2ccc(C)cc2)cc1Cl. The van der Waals surface area contributed by atoms with Gasteiger partial charge in [-0.25, -0.2) is 8.42 Å². The maximum atomic E-state index is 13.5. The molecular formula is C25H26Cl2N2O4S. The number of nitrogens with zero attached hydrogens (tertiary/aromatic N) is 1. The molecule has 34 heavy (non-hydrogen) atoms. The standard InChI is InChI=1S/C25H26Cl2N2O4S/c1-18-9-12-21(13-10-18)34(31,32)29(20-11-14-24(33-2)23(27)16-20)17-25(30)28-15-5-7-19-6-3-4-8-22(19)26/h3-4,6,8-14,16H,5,7,15,17H2,1-2H3,(H,28,30). The zero-order valence-electron chi connectivity index (χ0n) is 18.9. The molecule has 0 saturated carbocycles. The molecule has 0 bridgehead atoms. The van der Waals surface area contributed by atoms with E-state index in [2.05, 4.69) is 5.32 Å². The average molecular weight is 521 g/mol. The lowest BCUT2D eigenvalue weighted by Crippen LogP contribution is -2.41. The molecule has 0 atom stereocenters. The fourth-order valence-electron chi connectivity index (χ4n) is 3.36. The quantitative estimate of drug-likeness (QED) is 0.370. The normalized spacial score (nSPS) is 11.2. The fraction of sp³-hybridized carbons (Fsp3) is 0.240. The Labute approximate surface area is 210 Å². The smallest absolute Gasteiger partial charge is 0.264 e. The molecule has 0 aliphatic rings. The molecule has 6 nitrogen and oxygen atoms in total. The van der Waals surface area contributed by atoms with E-state index in [1.54, 1.807) is 24.3 Å². The van der Waals surface area contributed by atoms with Crippen LogP contribution < -0.4 is 14.4 Å². The molecule has 3 aromatic carbocycles. The first-order chi connectivity index (χ1) is 16.2. The van der Waals surface area contributed by atoms with Crippen LogP contribution in [0.3, 0.4) is 0 Å². The van der Waals surface area contributed by atoms with Gasteiger partial charge in [0, 0.05) is 11.6 Å². The third-order valence-electron chi connectivity index (χ3n) is 5.22. The lowest BCUT2D eigenvalue weighted by molar-refractivity contribution is -0.119. The van der Waals surface area contributed by atoms with Crippen molar-refractivity contribution in [2.75, 3.05) is 24.5 Å². The molecule has 0 aliphatic carbocycles. The van der Waals surface area contributed by atoms with Crippen LogP contribution in [0.1, 0.15) is 17.5 Å². The molecule has 0 spiro atoms. The molecule has 9 heteroatoms. The number of carbonyl (C=O) groups is 1. The van der Waals surface area contributed by atoms with E-state index in [4.69, 9.17) is 27.9 Å². The van der Waals surface area contributed by atoms with Gasteiger partial charge in [0.2, 0.25) is 5.91 Å². The minimum absolute atomic E-state index is 0.0801. The molecule has 0 unspecified atom stereocenters. The summed E-state index contributed by atoms with van der Waals surface area (Å²) >= 11 is 12.4. The molecular weight excluding hydrogens is 495 g/mol. The predicted molar refractivity (Wildman–Crippen MR) is 136 cm³/mol. The molecule has 3 aromatic rings. The van der Waals surface area contributed by atoms with Crippen molar-refractivity contribution in [1.29, 1.82) is 0 Å². The molecule has 0 heterocycles. The number of anilines is 1. The summed E-state index contributed by atoms with van der Waals surface area (Å²) in [5.74, 6) is -0.0242. The van der Waals surface area contributed by atoms with Crippen LogP contribution in [0.15, 0.2) is 71.6 Å². The summed E-state index contributed by atoms with van der Waals surface area (Å²) < 4.78 is 33.1. The number of methoxy groups -OCH3 is 1. The minimum Gasteiger partial charge on any atom is -0.495 e. The van der Waals surface area contributed by atoms with E-state index in [1.807, 2.05) is 31.2 Å². The monoisotopic (exact) mass is 520 g/mol. The lowest BCUT2D eigenvalue weighted by Gasteiger charge is -2.24. The van der Waals surface area contributed by atoms with Crippen molar-refractivity contribution in [2.24, 2.45) is 0 Å². The van der Waals surface area contributed by atoms with E-state index < -0.39 is 22.5 Å². The number of rotatable bonds is 10. The Morgan fingerprint density at radius 3 is 2.35 bits per heavy atom. The van der Waals surface area contributed by atoms with E-state index in [9.17, 15) is 13.2 Å². The van der Waals surface area contributed by atoms with E-state index in [0.29, 0.717) is 30.2 Å². The molecule has 0 saturated heterocycles. The molecule has 180 valence electrons. The summed E-state index contributed by atoms with van der Waals surface area (Å²) in [6, 6.07) is 18.6. The van der Waals surface area contributed by atoms with Crippen LogP contribution in [0.5, 0.6) is 5.75 Å². The highest BCUT2D eigenvalue weighted by molar-refractivity contribution is 7.92. The van der Waals surface area contributed by atoms with Gasteiger partial charge >= 0.3 is 0 Å². The van der Waals surface area contributed by atoms with Crippen LogP contribution in [0, 0.1) is 6.92 Å². The Bertz CT molecular complexity index is 1250. The van der Waals surface area contributed by atoms with Gasteiger partial charge in [-0.3, -0.25) is 9.10 Å². The summed E-state index contributed by atoms with van der Waals surface area (Å²) in [6.07, 6.45) is 1.36. The number of aryl methyl sites for hydroxylation is 2. The van der Waals surface area contributed by atoms with Gasteiger partial charge in [-0.15, -0.1) is 0 Å². The van der Waals surface area contributed by atoms with Crippen molar-refractivity contribution in [3.05, 3.63) is 87.9 Å². The van der Waals surface area contributed by atoms with Gasteiger partial charge in [0.1, 0.15) is 12.3 Å². The second kappa shape index (κ2) is 11.6. The maximum absolute atomic E-state index is 13.5. The predicted octanol–water partition coefficient (Wildman–Crippen LogP) is 5.25. The number of halogens is 2. The molecule has 0 radical (unpaired) electrons. The highest BCUT2D eigenvalue weighted by Crippen LogP contribution is 2.32. The number of hydrogen-bond donors (Lipinski definition) is 1. The van der Waals surface area contributed by atoms with Gasteiger partial charge in [-0.2, -0.15) is 0 Å². The molecule has 1 amide bonds. The molecule has 0 fully saturated rings. The topological polar surface area (TPSA) is 75.7 Å². The number of sulfonamides is 1. The van der Waals surface area contributed by atoms with Gasteiger partial charge in [0.25, 0.3) is 10.0 Å². The summed E-state index contributed by atoms with van der Waals surface area (Å²) in [5, 5.41) is 3.72. The highest BCUT2D eigenvalue weighted by Gasteiger charge is 2.27. The van der Waals surface area contributed by atoms with Crippen LogP contribution in [0.25, 0.3) is 0 Å². The lowest BCUT2D eigenvalue weighted by atomic mass is 10.1. The first kappa shape index (κ1) is 25.9. The Morgan fingerprint density at radius 1 is 1.00 bits per heavy atom. The van der Waals surface area contributed by atoms with Gasteiger partial charge in [0.05, 0.1) is 22.7 Å². The number of benzene rings is 3. The van der Waals surface area contributed by atoms with Crippen molar-refractivity contribution < 1.29 is 17.9 Å². The van der Waals surface area contributed by atoms with Crippen LogP contribution in [0.2, 0.25) is 10.0 Å². The zero-order chi connectivity index (χ0) is 24.7. The third kappa shape index (κ3) is 6.44. The Balaban J connectivity index is 1.77. The largest absolute Gasteiger partial charge is 0.495 e. The van der Waals surface area contributed by atoms with Gasteiger partial charge in [-0.05, 0) is 61.7 Å². The number of ether oxygens (including phenoxy) is 1. The Hall–Kier alpha value is -2.74. The average Bonchev–Trinajstić information content (AvgIpc) is 2.81. The number of nitrogens with one attached hydrogen (secondary N) is 1. The van der Waals surface area contributed by atoms with Gasteiger partial charge < -0.3 is 10.1 Å². The first-order valence-corrected chi connectivity index (χ1v) is 12.8. The van der Waals surface area contributed by atoms with Crippen molar-refractivity contribution in [3.8, 4) is 5.75 Å². The van der Waals surface area contributed by atoms with Crippen molar-refractivity contribution in [1.82, 2.24) is 5.32 Å². The second-order valence-electron chi connectivity index (χ2n) is 7.69. The van der Waals surface area contributed by atoms with Crippen molar-refractivity contribution in [2.45, 2.75) is 24.7 Å². The molecule has 3 rings (SSSR count). The van der Waals surface area contributed by atoms with Crippen LogP contribution >= 0.6 is 23.2 Å². The third-order valence-corrected chi connectivity index (χ3v) is 7.67. The molecule has 0 aromatic heterocycles. The fourth-order valence-corrected chi connectivity index (χ4v) is 5.25.